The van der Waals surface area contributed by atoms with Crippen molar-refractivity contribution >= 4 is 17.3 Å². The lowest BCUT2D eigenvalue weighted by atomic mass is 10.1. The minimum atomic E-state index is -0.424. The van der Waals surface area contributed by atoms with Crippen molar-refractivity contribution in [3.63, 3.8) is 0 Å². The second-order valence-electron chi connectivity index (χ2n) is 4.26. The molecule has 1 aliphatic rings. The molecule has 0 saturated carbocycles. The van der Waals surface area contributed by atoms with Gasteiger partial charge in [0.2, 0.25) is 5.82 Å². The molecule has 7 heteroatoms. The summed E-state index contributed by atoms with van der Waals surface area (Å²) in [7, 11) is 1.72. The number of aliphatic hydroxyl groups is 1. The summed E-state index contributed by atoms with van der Waals surface area (Å²) in [6.07, 6.45) is 0.915. The molecule has 7 nitrogen and oxygen atoms in total. The molecule has 0 radical (unpaired) electrons. The van der Waals surface area contributed by atoms with E-state index in [1.807, 2.05) is 4.90 Å². The number of anilines is 2. The lowest BCUT2D eigenvalue weighted by Crippen LogP contribution is -2.36. The van der Waals surface area contributed by atoms with Gasteiger partial charge in [0.15, 0.2) is 0 Å². The van der Waals surface area contributed by atoms with Crippen molar-refractivity contribution in [2.75, 3.05) is 30.4 Å². The Balaban J connectivity index is 2.31. The van der Waals surface area contributed by atoms with Crippen molar-refractivity contribution in [1.29, 1.82) is 0 Å². The maximum absolute atomic E-state index is 11.0. The summed E-state index contributed by atoms with van der Waals surface area (Å²) in [6.45, 7) is 1.17. The van der Waals surface area contributed by atoms with E-state index < -0.39 is 4.92 Å². The molecule has 0 aromatic carbocycles. The number of hydrogen-bond acceptors (Lipinski definition) is 6. The van der Waals surface area contributed by atoms with Gasteiger partial charge >= 0.3 is 5.69 Å². The standard InChI is InChI=1S/C11H16N4O3/c1-12-10-3-2-9(15(17)18)11(13-10)14-6-4-8(16)5-7-14/h2-3,8,16H,4-7H2,1H3,(H,12,13). The fourth-order valence-corrected chi connectivity index (χ4v) is 2.03. The van der Waals surface area contributed by atoms with Crippen molar-refractivity contribution in [2.45, 2.75) is 18.9 Å². The number of nitro groups is 1. The van der Waals surface area contributed by atoms with Crippen molar-refractivity contribution in [1.82, 2.24) is 4.98 Å². The number of piperidine rings is 1. The van der Waals surface area contributed by atoms with Crippen LogP contribution in [-0.2, 0) is 0 Å². The van der Waals surface area contributed by atoms with Crippen LogP contribution >= 0.6 is 0 Å². The van der Waals surface area contributed by atoms with E-state index in [4.69, 9.17) is 0 Å². The first-order valence-corrected chi connectivity index (χ1v) is 5.88. The number of hydrogen-bond donors (Lipinski definition) is 2. The lowest BCUT2D eigenvalue weighted by molar-refractivity contribution is -0.384. The number of aliphatic hydroxyl groups excluding tert-OH is 1. The normalized spacial score (nSPS) is 16.7. The third-order valence-corrected chi connectivity index (χ3v) is 3.07. The molecular formula is C11H16N4O3. The molecule has 0 aliphatic carbocycles. The summed E-state index contributed by atoms with van der Waals surface area (Å²) in [5, 5.41) is 23.3. The monoisotopic (exact) mass is 252 g/mol. The molecule has 0 atom stereocenters. The second kappa shape index (κ2) is 5.18. The van der Waals surface area contributed by atoms with Crippen LogP contribution in [0, 0.1) is 10.1 Å². The average molecular weight is 252 g/mol. The molecule has 1 saturated heterocycles. The summed E-state index contributed by atoms with van der Waals surface area (Å²) in [5.41, 5.74) is 0.00499. The minimum Gasteiger partial charge on any atom is -0.393 e. The summed E-state index contributed by atoms with van der Waals surface area (Å²) >= 11 is 0. The van der Waals surface area contributed by atoms with Gasteiger partial charge in [-0.3, -0.25) is 10.1 Å². The van der Waals surface area contributed by atoms with Crippen molar-refractivity contribution < 1.29 is 10.0 Å². The third-order valence-electron chi connectivity index (χ3n) is 3.07. The molecule has 2 heterocycles. The first-order chi connectivity index (χ1) is 8.61. The summed E-state index contributed by atoms with van der Waals surface area (Å²) in [4.78, 5) is 16.7. The zero-order valence-corrected chi connectivity index (χ0v) is 10.2. The summed E-state index contributed by atoms with van der Waals surface area (Å²) in [5.74, 6) is 0.973. The van der Waals surface area contributed by atoms with Gasteiger partial charge in [-0.25, -0.2) is 4.98 Å². The molecule has 2 rings (SSSR count). The van der Waals surface area contributed by atoms with Crippen LogP contribution in [-0.4, -0.2) is 41.3 Å². The van der Waals surface area contributed by atoms with Gasteiger partial charge in [0, 0.05) is 26.2 Å². The highest BCUT2D eigenvalue weighted by Crippen LogP contribution is 2.29. The van der Waals surface area contributed by atoms with Crippen molar-refractivity contribution in [3.8, 4) is 0 Å². The first-order valence-electron chi connectivity index (χ1n) is 5.88. The van der Waals surface area contributed by atoms with Gasteiger partial charge in [-0.15, -0.1) is 0 Å². The molecule has 18 heavy (non-hydrogen) atoms. The maximum atomic E-state index is 11.0. The van der Waals surface area contributed by atoms with Crippen molar-refractivity contribution in [2.24, 2.45) is 0 Å². The Kier molecular flexibility index (Phi) is 3.61. The zero-order valence-electron chi connectivity index (χ0n) is 10.2. The van der Waals surface area contributed by atoms with Crippen LogP contribution in [0.15, 0.2) is 12.1 Å². The molecule has 0 bridgehead atoms. The molecule has 98 valence electrons. The number of nitrogens with zero attached hydrogens (tertiary/aromatic N) is 3. The lowest BCUT2D eigenvalue weighted by Gasteiger charge is -2.30. The molecule has 1 fully saturated rings. The largest absolute Gasteiger partial charge is 0.393 e. The molecular weight excluding hydrogens is 236 g/mol. The number of pyridine rings is 1. The highest BCUT2D eigenvalue weighted by atomic mass is 16.6. The Hall–Kier alpha value is -1.89. The Labute approximate surface area is 105 Å². The van der Waals surface area contributed by atoms with Gasteiger partial charge in [-0.05, 0) is 18.9 Å². The van der Waals surface area contributed by atoms with Crippen LogP contribution < -0.4 is 10.2 Å². The molecule has 0 spiro atoms. The number of aromatic nitrogens is 1. The summed E-state index contributed by atoms with van der Waals surface area (Å²) < 4.78 is 0. The number of rotatable bonds is 3. The van der Waals surface area contributed by atoms with E-state index >= 15 is 0 Å². The highest BCUT2D eigenvalue weighted by Gasteiger charge is 2.25. The molecule has 0 unspecified atom stereocenters. The molecule has 1 aromatic rings. The molecule has 0 amide bonds. The van der Waals surface area contributed by atoms with Crippen LogP contribution in [0.5, 0.6) is 0 Å². The Morgan fingerprint density at radius 1 is 1.50 bits per heavy atom. The van der Waals surface area contributed by atoms with E-state index in [2.05, 4.69) is 10.3 Å². The quantitative estimate of drug-likeness (QED) is 0.615. The topological polar surface area (TPSA) is 91.5 Å². The van der Waals surface area contributed by atoms with Crippen LogP contribution in [0.1, 0.15) is 12.8 Å². The molecule has 1 aromatic heterocycles. The van der Waals surface area contributed by atoms with Crippen LogP contribution in [0.3, 0.4) is 0 Å². The summed E-state index contributed by atoms with van der Waals surface area (Å²) in [6, 6.07) is 3.04. The van der Waals surface area contributed by atoms with E-state index in [0.29, 0.717) is 37.6 Å². The van der Waals surface area contributed by atoms with Gasteiger partial charge < -0.3 is 15.3 Å². The van der Waals surface area contributed by atoms with E-state index in [-0.39, 0.29) is 11.8 Å². The highest BCUT2D eigenvalue weighted by molar-refractivity contribution is 5.61. The van der Waals surface area contributed by atoms with Crippen molar-refractivity contribution in [3.05, 3.63) is 22.2 Å². The Bertz CT molecular complexity index is 444. The fraction of sp³-hybridized carbons (Fsp3) is 0.545. The predicted molar refractivity (Wildman–Crippen MR) is 67.9 cm³/mol. The van der Waals surface area contributed by atoms with Gasteiger partial charge in [0.05, 0.1) is 11.0 Å². The molecule has 1 aliphatic heterocycles. The minimum absolute atomic E-state index is 0.00499. The van der Waals surface area contributed by atoms with E-state index in [1.54, 1.807) is 13.1 Å². The van der Waals surface area contributed by atoms with Gasteiger partial charge in [0.25, 0.3) is 0 Å². The predicted octanol–water partition coefficient (Wildman–Crippen LogP) is 0.993. The Morgan fingerprint density at radius 2 is 2.17 bits per heavy atom. The van der Waals surface area contributed by atoms with Gasteiger partial charge in [-0.2, -0.15) is 0 Å². The van der Waals surface area contributed by atoms with Crippen LogP contribution in [0.4, 0.5) is 17.3 Å². The third kappa shape index (κ3) is 2.51. The molecule has 2 N–H and O–H groups in total. The van der Waals surface area contributed by atoms with E-state index in [1.165, 1.54) is 6.07 Å². The van der Waals surface area contributed by atoms with E-state index in [0.717, 1.165) is 0 Å². The average Bonchev–Trinajstić information content (AvgIpc) is 2.38. The second-order valence-corrected chi connectivity index (χ2v) is 4.26. The number of nitrogens with one attached hydrogen (secondary N) is 1. The fourth-order valence-electron chi connectivity index (χ4n) is 2.03. The van der Waals surface area contributed by atoms with Crippen LogP contribution in [0.2, 0.25) is 0 Å². The maximum Gasteiger partial charge on any atom is 0.311 e. The SMILES string of the molecule is CNc1ccc([N+](=O)[O-])c(N2CCC(O)CC2)n1. The zero-order chi connectivity index (χ0) is 13.1. The van der Waals surface area contributed by atoms with Gasteiger partial charge in [0.1, 0.15) is 5.82 Å². The van der Waals surface area contributed by atoms with E-state index in [9.17, 15) is 15.2 Å². The smallest absolute Gasteiger partial charge is 0.311 e. The Morgan fingerprint density at radius 3 is 2.72 bits per heavy atom. The van der Waals surface area contributed by atoms with Crippen LogP contribution in [0.25, 0.3) is 0 Å². The van der Waals surface area contributed by atoms with Gasteiger partial charge in [-0.1, -0.05) is 0 Å². The first kappa shape index (κ1) is 12.6.